The van der Waals surface area contributed by atoms with Gasteiger partial charge in [0.2, 0.25) is 5.95 Å². The predicted octanol–water partition coefficient (Wildman–Crippen LogP) is 12.4. The summed E-state index contributed by atoms with van der Waals surface area (Å²) in [5, 5.41) is 4.35. The molecule has 0 unspecified atom stereocenters. The summed E-state index contributed by atoms with van der Waals surface area (Å²) >= 11 is 0. The Hall–Kier alpha value is -8.44. The molecule has 0 aliphatic heterocycles. The Morgan fingerprint density at radius 1 is 0.344 bits per heavy atom. The highest BCUT2D eigenvalue weighted by molar-refractivity contribution is 6.12. The van der Waals surface area contributed by atoms with Crippen LogP contribution in [0.2, 0.25) is 0 Å². The van der Waals surface area contributed by atoms with E-state index in [2.05, 4.69) is 19.9 Å². The van der Waals surface area contributed by atoms with Crippen LogP contribution in [0, 0.1) is 11.6 Å². The van der Waals surface area contributed by atoms with Gasteiger partial charge in [0.25, 0.3) is 0 Å². The molecule has 0 amide bonds. The van der Waals surface area contributed by atoms with E-state index < -0.39 is 11.6 Å². The SMILES string of the molecule is Fc1cc(Oc2ccc3c4ccc(Oc5cc(F)c6c7ccccc7n(-c7ccccn7)c6c5)cc4n(-c4ncccn4)c3c2)cc2c1c1ccccc1n2-c1ccccn1. The minimum Gasteiger partial charge on any atom is -0.457 e. The van der Waals surface area contributed by atoms with E-state index in [1.54, 1.807) is 30.9 Å². The molecule has 9 nitrogen and oxygen atoms in total. The number of halogens is 2. The maximum Gasteiger partial charge on any atom is 0.234 e. The molecule has 61 heavy (non-hydrogen) atoms. The van der Waals surface area contributed by atoms with Gasteiger partial charge in [-0.2, -0.15) is 0 Å². The largest absolute Gasteiger partial charge is 0.457 e. The van der Waals surface area contributed by atoms with Gasteiger partial charge in [-0.1, -0.05) is 48.5 Å². The third-order valence-electron chi connectivity index (χ3n) is 11.1. The van der Waals surface area contributed by atoms with E-state index in [1.165, 1.54) is 12.1 Å². The minimum atomic E-state index is -0.406. The fourth-order valence-corrected chi connectivity index (χ4v) is 8.62. The molecule has 12 aromatic rings. The van der Waals surface area contributed by atoms with E-state index in [9.17, 15) is 0 Å². The molecule has 0 radical (unpaired) electrons. The maximum atomic E-state index is 16.2. The Balaban J connectivity index is 0.971. The van der Waals surface area contributed by atoms with Crippen LogP contribution in [0.4, 0.5) is 8.78 Å². The first-order valence-corrected chi connectivity index (χ1v) is 19.6. The van der Waals surface area contributed by atoms with Crippen LogP contribution in [-0.2, 0) is 0 Å². The molecule has 0 fully saturated rings. The van der Waals surface area contributed by atoms with E-state index in [4.69, 9.17) is 9.47 Å². The average molecular weight is 798 g/mol. The Labute approximate surface area is 345 Å². The highest BCUT2D eigenvalue weighted by atomic mass is 19.1. The molecule has 11 heteroatoms. The van der Waals surface area contributed by atoms with E-state index >= 15 is 8.78 Å². The number of ether oxygens (including phenoxy) is 2. The van der Waals surface area contributed by atoms with Gasteiger partial charge in [0.05, 0.1) is 33.1 Å². The van der Waals surface area contributed by atoms with Crippen LogP contribution < -0.4 is 9.47 Å². The van der Waals surface area contributed by atoms with Gasteiger partial charge >= 0.3 is 0 Å². The van der Waals surface area contributed by atoms with Crippen LogP contribution in [0.15, 0.2) is 176 Å². The molecule has 0 spiro atoms. The average Bonchev–Trinajstić information content (AvgIpc) is 3.92. The molecule has 0 saturated carbocycles. The highest BCUT2D eigenvalue weighted by Crippen LogP contribution is 2.41. The maximum absolute atomic E-state index is 16.2. The van der Waals surface area contributed by atoms with Crippen molar-refractivity contribution in [2.45, 2.75) is 0 Å². The van der Waals surface area contributed by atoms with Crippen molar-refractivity contribution >= 4 is 65.4 Å². The summed E-state index contributed by atoms with van der Waals surface area (Å²) in [5.74, 6) is 2.56. The number of hydrogen-bond donors (Lipinski definition) is 0. The molecule has 6 aromatic carbocycles. The smallest absolute Gasteiger partial charge is 0.234 e. The number of pyridine rings is 2. The van der Waals surface area contributed by atoms with Crippen molar-refractivity contribution in [1.82, 2.24) is 33.6 Å². The van der Waals surface area contributed by atoms with Gasteiger partial charge in [0.1, 0.15) is 46.3 Å². The molecule has 12 rings (SSSR count). The number of hydrogen-bond acceptors (Lipinski definition) is 6. The Kier molecular flexibility index (Phi) is 7.69. The second-order valence-corrected chi connectivity index (χ2v) is 14.6. The van der Waals surface area contributed by atoms with Gasteiger partial charge in [0, 0.05) is 93.5 Å². The summed E-state index contributed by atoms with van der Waals surface area (Å²) in [7, 11) is 0. The summed E-state index contributed by atoms with van der Waals surface area (Å²) in [5.41, 5.74) is 4.45. The van der Waals surface area contributed by atoms with Crippen molar-refractivity contribution in [3.63, 3.8) is 0 Å². The molecule has 6 heterocycles. The zero-order valence-corrected chi connectivity index (χ0v) is 31.9. The van der Waals surface area contributed by atoms with Crippen molar-refractivity contribution in [3.8, 4) is 40.6 Å². The normalized spacial score (nSPS) is 11.8. The molecular formula is C50H29F2N7O2. The van der Waals surface area contributed by atoms with Gasteiger partial charge in [0.15, 0.2) is 0 Å². The van der Waals surface area contributed by atoms with Crippen LogP contribution >= 0.6 is 0 Å². The van der Waals surface area contributed by atoms with E-state index in [0.29, 0.717) is 62.4 Å². The summed E-state index contributed by atoms with van der Waals surface area (Å²) < 4.78 is 51.1. The van der Waals surface area contributed by atoms with Crippen LogP contribution in [0.3, 0.4) is 0 Å². The molecule has 0 atom stereocenters. The lowest BCUT2D eigenvalue weighted by atomic mass is 10.1. The quantitative estimate of drug-likeness (QED) is 0.160. The zero-order valence-electron chi connectivity index (χ0n) is 31.9. The molecule has 0 saturated heterocycles. The highest BCUT2D eigenvalue weighted by Gasteiger charge is 2.21. The molecule has 0 bridgehead atoms. The third-order valence-corrected chi connectivity index (χ3v) is 11.1. The first kappa shape index (κ1) is 34.6. The number of nitrogens with zero attached hydrogens (tertiary/aromatic N) is 7. The topological polar surface area (TPSA) is 84.8 Å². The number of fused-ring (bicyclic) bond motifs is 9. The summed E-state index contributed by atoms with van der Waals surface area (Å²) in [6.07, 6.45) is 6.79. The van der Waals surface area contributed by atoms with Gasteiger partial charge in [-0.15, -0.1) is 0 Å². The lowest BCUT2D eigenvalue weighted by Gasteiger charge is -2.11. The van der Waals surface area contributed by atoms with E-state index in [-0.39, 0.29) is 0 Å². The first-order chi connectivity index (χ1) is 30.1. The third kappa shape index (κ3) is 5.51. The fourth-order valence-electron chi connectivity index (χ4n) is 8.62. The second-order valence-electron chi connectivity index (χ2n) is 14.6. The summed E-state index contributed by atoms with van der Waals surface area (Å²) in [4.78, 5) is 18.4. The van der Waals surface area contributed by atoms with E-state index in [0.717, 1.165) is 43.6 Å². The second kappa shape index (κ2) is 13.6. The van der Waals surface area contributed by atoms with Crippen molar-refractivity contribution in [2.24, 2.45) is 0 Å². The summed E-state index contributed by atoms with van der Waals surface area (Å²) in [6, 6.07) is 46.4. The number of para-hydroxylation sites is 2. The van der Waals surface area contributed by atoms with Crippen LogP contribution in [0.5, 0.6) is 23.0 Å². The van der Waals surface area contributed by atoms with Gasteiger partial charge < -0.3 is 9.47 Å². The van der Waals surface area contributed by atoms with Crippen LogP contribution in [-0.4, -0.2) is 33.6 Å². The van der Waals surface area contributed by atoms with Gasteiger partial charge in [-0.3, -0.25) is 13.7 Å². The number of benzene rings is 6. The number of aromatic nitrogens is 7. The van der Waals surface area contributed by atoms with Gasteiger partial charge in [-0.05, 0) is 66.7 Å². The fraction of sp³-hybridized carbons (Fsp3) is 0. The van der Waals surface area contributed by atoms with Crippen LogP contribution in [0.1, 0.15) is 0 Å². The lowest BCUT2D eigenvalue weighted by Crippen LogP contribution is -2.00. The number of rotatable bonds is 7. The first-order valence-electron chi connectivity index (χ1n) is 19.6. The molecular weight excluding hydrogens is 769 g/mol. The van der Waals surface area contributed by atoms with Crippen LogP contribution in [0.25, 0.3) is 83.0 Å². The molecule has 0 aliphatic rings. The minimum absolute atomic E-state index is 0.324. The predicted molar refractivity (Wildman–Crippen MR) is 234 cm³/mol. The standard InChI is InChI=1S/C50H29F2N7O2/c51-38-24-32(28-44-48(38)36-10-1-3-12-40(36)57(44)46-14-5-7-20-53-46)60-30-16-18-34-35-19-17-31(27-43(35)59(42(34)26-30)50-55-22-9-23-56-50)61-33-25-39(52)49-37-11-2-4-13-41(37)58(45(49)29-33)47-15-6-8-21-54-47/h1-29H. The van der Waals surface area contributed by atoms with Gasteiger partial charge in [-0.25, -0.2) is 28.7 Å². The van der Waals surface area contributed by atoms with Crippen molar-refractivity contribution < 1.29 is 18.3 Å². The monoisotopic (exact) mass is 797 g/mol. The Morgan fingerprint density at radius 3 is 1.26 bits per heavy atom. The van der Waals surface area contributed by atoms with Crippen molar-refractivity contribution in [1.29, 1.82) is 0 Å². The molecule has 0 N–H and O–H groups in total. The molecule has 6 aromatic heterocycles. The Morgan fingerprint density at radius 2 is 0.787 bits per heavy atom. The van der Waals surface area contributed by atoms with Crippen molar-refractivity contribution in [3.05, 3.63) is 188 Å². The lowest BCUT2D eigenvalue weighted by molar-refractivity contribution is 0.478. The zero-order chi connectivity index (χ0) is 40.6. The Bertz CT molecular complexity index is 3460. The van der Waals surface area contributed by atoms with Crippen molar-refractivity contribution in [2.75, 3.05) is 0 Å². The van der Waals surface area contributed by atoms with E-state index in [1.807, 2.05) is 147 Å². The summed E-state index contributed by atoms with van der Waals surface area (Å²) in [6.45, 7) is 0. The molecule has 0 aliphatic carbocycles. The molecule has 290 valence electrons.